The van der Waals surface area contributed by atoms with E-state index in [1.54, 1.807) is 20.8 Å². The number of hydrogen-bond acceptors (Lipinski definition) is 4. The summed E-state index contributed by atoms with van der Waals surface area (Å²) < 4.78 is 43.8. The van der Waals surface area contributed by atoms with Crippen LogP contribution in [0.2, 0.25) is 5.02 Å². The minimum absolute atomic E-state index is 0.123. The molecule has 10 heteroatoms. The molecule has 5 nitrogen and oxygen atoms in total. The lowest BCUT2D eigenvalue weighted by Crippen LogP contribution is -2.34. The molecule has 0 radical (unpaired) electrons. The van der Waals surface area contributed by atoms with E-state index in [1.807, 2.05) is 0 Å². The first-order chi connectivity index (χ1) is 12.9. The van der Waals surface area contributed by atoms with Gasteiger partial charge in [0.2, 0.25) is 0 Å². The number of amides is 2. The molecule has 154 valence electrons. The summed E-state index contributed by atoms with van der Waals surface area (Å²) in [5.74, 6) is -0.475. The molecule has 2 aromatic rings. The van der Waals surface area contributed by atoms with Gasteiger partial charge in [0.25, 0.3) is 5.91 Å². The van der Waals surface area contributed by atoms with Crippen molar-refractivity contribution in [3.05, 3.63) is 33.7 Å². The van der Waals surface area contributed by atoms with E-state index in [-0.39, 0.29) is 21.1 Å². The fourth-order valence-electron chi connectivity index (χ4n) is 2.26. The zero-order valence-corrected chi connectivity index (χ0v) is 17.1. The van der Waals surface area contributed by atoms with Gasteiger partial charge in [-0.15, -0.1) is 11.3 Å². The molecule has 0 atom stereocenters. The first-order valence-electron chi connectivity index (χ1n) is 8.43. The lowest BCUT2D eigenvalue weighted by Gasteiger charge is -2.19. The topological polar surface area (TPSA) is 67.4 Å². The molecule has 0 unspecified atom stereocenters. The van der Waals surface area contributed by atoms with Crippen LogP contribution in [0.15, 0.2) is 18.2 Å². The number of nitrogens with one attached hydrogen (secondary N) is 2. The van der Waals surface area contributed by atoms with E-state index in [9.17, 15) is 22.8 Å². The summed E-state index contributed by atoms with van der Waals surface area (Å²) in [6.07, 6.45) is -4.56. The van der Waals surface area contributed by atoms with Crippen molar-refractivity contribution < 1.29 is 27.5 Å². The number of alkyl carbamates (subject to hydrolysis) is 1. The third kappa shape index (κ3) is 6.00. The highest BCUT2D eigenvalue weighted by molar-refractivity contribution is 7.21. The highest BCUT2D eigenvalue weighted by atomic mass is 35.5. The van der Waals surface area contributed by atoms with E-state index < -0.39 is 29.3 Å². The van der Waals surface area contributed by atoms with Gasteiger partial charge in [-0.25, -0.2) is 4.79 Å². The van der Waals surface area contributed by atoms with Gasteiger partial charge in [-0.2, -0.15) is 13.2 Å². The molecule has 28 heavy (non-hydrogen) atoms. The zero-order chi connectivity index (χ0) is 21.1. The number of ether oxygens (including phenoxy) is 1. The van der Waals surface area contributed by atoms with Crippen molar-refractivity contribution in [3.8, 4) is 0 Å². The van der Waals surface area contributed by atoms with Crippen molar-refractivity contribution in [2.24, 2.45) is 0 Å². The summed E-state index contributed by atoms with van der Waals surface area (Å²) in [7, 11) is 0. The van der Waals surface area contributed by atoms with E-state index >= 15 is 0 Å². The fourth-order valence-corrected chi connectivity index (χ4v) is 3.74. The van der Waals surface area contributed by atoms with Crippen LogP contribution >= 0.6 is 22.9 Å². The average Bonchev–Trinajstić information content (AvgIpc) is 2.88. The molecule has 1 aromatic carbocycles. The summed E-state index contributed by atoms with van der Waals surface area (Å²) in [6, 6.07) is 3.18. The lowest BCUT2D eigenvalue weighted by atomic mass is 10.1. The lowest BCUT2D eigenvalue weighted by molar-refractivity contribution is -0.137. The second-order valence-electron chi connectivity index (χ2n) is 6.99. The minimum atomic E-state index is -4.46. The minimum Gasteiger partial charge on any atom is -0.444 e. The normalized spacial score (nSPS) is 12.1. The smallest absolute Gasteiger partial charge is 0.416 e. The second-order valence-corrected chi connectivity index (χ2v) is 8.42. The first-order valence-corrected chi connectivity index (χ1v) is 9.62. The monoisotopic (exact) mass is 436 g/mol. The van der Waals surface area contributed by atoms with E-state index in [0.29, 0.717) is 18.4 Å². The van der Waals surface area contributed by atoms with Crippen molar-refractivity contribution in [1.82, 2.24) is 10.6 Å². The van der Waals surface area contributed by atoms with Crippen LogP contribution < -0.4 is 10.6 Å². The Hall–Kier alpha value is -2.00. The van der Waals surface area contributed by atoms with Crippen LogP contribution in [-0.4, -0.2) is 30.7 Å². The summed E-state index contributed by atoms with van der Waals surface area (Å²) in [4.78, 5) is 23.9. The Balaban J connectivity index is 1.91. The maximum absolute atomic E-state index is 12.8. The van der Waals surface area contributed by atoms with Gasteiger partial charge in [0.05, 0.1) is 10.6 Å². The Bertz CT molecular complexity index is 875. The fraction of sp³-hybridized carbons (Fsp3) is 0.444. The van der Waals surface area contributed by atoms with E-state index in [1.165, 1.54) is 6.07 Å². The number of rotatable bonds is 5. The van der Waals surface area contributed by atoms with Gasteiger partial charge >= 0.3 is 12.3 Å². The molecule has 2 rings (SSSR count). The van der Waals surface area contributed by atoms with Gasteiger partial charge < -0.3 is 15.4 Å². The third-order valence-electron chi connectivity index (χ3n) is 3.47. The van der Waals surface area contributed by atoms with Crippen LogP contribution in [0.3, 0.4) is 0 Å². The summed E-state index contributed by atoms with van der Waals surface area (Å²) in [6.45, 7) is 5.80. The van der Waals surface area contributed by atoms with Crippen LogP contribution in [0, 0.1) is 0 Å². The Kier molecular flexibility index (Phi) is 6.82. The molecule has 0 saturated carbocycles. The quantitative estimate of drug-likeness (QED) is 0.631. The summed E-state index contributed by atoms with van der Waals surface area (Å²) in [5.41, 5.74) is -1.39. The maximum atomic E-state index is 12.8. The highest BCUT2D eigenvalue weighted by Gasteiger charge is 2.31. The van der Waals surface area contributed by atoms with E-state index in [2.05, 4.69) is 10.6 Å². The number of carbonyl (C=O) groups excluding carboxylic acids is 2. The average molecular weight is 437 g/mol. The van der Waals surface area contributed by atoms with E-state index in [0.717, 1.165) is 23.5 Å². The largest absolute Gasteiger partial charge is 0.444 e. The Morgan fingerprint density at radius 2 is 1.79 bits per heavy atom. The Morgan fingerprint density at radius 1 is 1.14 bits per heavy atom. The molecule has 0 aliphatic rings. The third-order valence-corrected chi connectivity index (χ3v) is 5.13. The number of alkyl halides is 3. The molecule has 0 aliphatic carbocycles. The van der Waals surface area contributed by atoms with Crippen molar-refractivity contribution in [1.29, 1.82) is 0 Å². The van der Waals surface area contributed by atoms with Crippen LogP contribution in [-0.2, 0) is 10.9 Å². The van der Waals surface area contributed by atoms with Crippen molar-refractivity contribution in [3.63, 3.8) is 0 Å². The van der Waals surface area contributed by atoms with Gasteiger partial charge in [-0.05, 0) is 39.3 Å². The molecule has 0 aliphatic heterocycles. The molecule has 0 spiro atoms. The summed E-state index contributed by atoms with van der Waals surface area (Å²) in [5, 5.41) is 5.73. The SMILES string of the molecule is CC(C)(C)OC(=O)NCCCNC(=O)c1sc2cc(C(F)(F)F)ccc2c1Cl. The molecular formula is C18H20ClF3N2O3S. The molecule has 0 bridgehead atoms. The van der Waals surface area contributed by atoms with Gasteiger partial charge in [0.15, 0.2) is 0 Å². The molecule has 2 N–H and O–H groups in total. The number of carbonyl (C=O) groups is 2. The van der Waals surface area contributed by atoms with Gasteiger partial charge in [-0.1, -0.05) is 17.7 Å². The van der Waals surface area contributed by atoms with Crippen molar-refractivity contribution in [2.75, 3.05) is 13.1 Å². The van der Waals surface area contributed by atoms with Gasteiger partial charge in [-0.3, -0.25) is 4.79 Å². The predicted octanol–water partition coefficient (Wildman–Crippen LogP) is 5.22. The Morgan fingerprint density at radius 3 is 2.39 bits per heavy atom. The number of fused-ring (bicyclic) bond motifs is 1. The van der Waals surface area contributed by atoms with Gasteiger partial charge in [0, 0.05) is 23.2 Å². The number of benzene rings is 1. The highest BCUT2D eigenvalue weighted by Crippen LogP contribution is 2.39. The van der Waals surface area contributed by atoms with Crippen LogP contribution in [0.1, 0.15) is 42.4 Å². The number of halogens is 4. The molecule has 0 fully saturated rings. The molecule has 0 saturated heterocycles. The maximum Gasteiger partial charge on any atom is 0.416 e. The van der Waals surface area contributed by atoms with E-state index in [4.69, 9.17) is 16.3 Å². The van der Waals surface area contributed by atoms with Crippen LogP contribution in [0.4, 0.5) is 18.0 Å². The van der Waals surface area contributed by atoms with Crippen molar-refractivity contribution >= 4 is 45.0 Å². The molecular weight excluding hydrogens is 417 g/mol. The first kappa shape index (κ1) is 22.3. The van der Waals surface area contributed by atoms with Gasteiger partial charge in [0.1, 0.15) is 10.5 Å². The van der Waals surface area contributed by atoms with Crippen LogP contribution in [0.5, 0.6) is 0 Å². The Labute approximate surface area is 169 Å². The molecule has 1 heterocycles. The zero-order valence-electron chi connectivity index (χ0n) is 15.5. The number of hydrogen-bond donors (Lipinski definition) is 2. The standard InChI is InChI=1S/C18H20ClF3N2O3S/c1-17(2,3)27-16(26)24-8-4-7-23-15(25)14-13(19)11-6-5-10(18(20,21)22)9-12(11)28-14/h5-6,9H,4,7-8H2,1-3H3,(H,23,25)(H,24,26). The van der Waals surface area contributed by atoms with Crippen LogP contribution in [0.25, 0.3) is 10.1 Å². The predicted molar refractivity (Wildman–Crippen MR) is 103 cm³/mol. The second kappa shape index (κ2) is 8.57. The molecule has 1 aromatic heterocycles. The molecule has 2 amide bonds. The number of thiophene rings is 1. The van der Waals surface area contributed by atoms with Crippen molar-refractivity contribution in [2.45, 2.75) is 39.0 Å². The summed E-state index contributed by atoms with van der Waals surface area (Å²) >= 11 is 7.06.